The van der Waals surface area contributed by atoms with Gasteiger partial charge in [-0.2, -0.15) is 18.2 Å². The van der Waals surface area contributed by atoms with Crippen molar-refractivity contribution in [2.24, 2.45) is 0 Å². The van der Waals surface area contributed by atoms with Crippen LogP contribution in [-0.2, 0) is 11.6 Å². The molecule has 140 valence electrons. The van der Waals surface area contributed by atoms with Crippen molar-refractivity contribution >= 4 is 17.3 Å². The number of rotatable bonds is 3. The van der Waals surface area contributed by atoms with Crippen molar-refractivity contribution in [1.82, 2.24) is 10.1 Å². The highest BCUT2D eigenvalue weighted by Gasteiger charge is 2.53. The number of hydrogen-bond acceptors (Lipinski definition) is 4. The first-order chi connectivity index (χ1) is 12.7. The lowest BCUT2D eigenvalue weighted by Gasteiger charge is -2.14. The smallest absolute Gasteiger partial charge is 0.399 e. The second-order valence-corrected chi connectivity index (χ2v) is 6.85. The monoisotopic (exact) mass is 397 g/mol. The Kier molecular flexibility index (Phi) is 3.92. The van der Waals surface area contributed by atoms with E-state index in [1.807, 2.05) is 0 Å². The summed E-state index contributed by atoms with van der Waals surface area (Å²) in [4.78, 5) is 4.27. The number of aromatic nitrogens is 2. The summed E-state index contributed by atoms with van der Waals surface area (Å²) in [6.45, 7) is 0. The van der Waals surface area contributed by atoms with Crippen molar-refractivity contribution in [1.29, 1.82) is 0 Å². The molecule has 0 radical (unpaired) electrons. The molecule has 4 rings (SSSR count). The van der Waals surface area contributed by atoms with E-state index in [1.165, 1.54) is 24.3 Å². The maximum absolute atomic E-state index is 14.5. The zero-order valence-corrected chi connectivity index (χ0v) is 14.4. The molecule has 27 heavy (non-hydrogen) atoms. The second-order valence-electron chi connectivity index (χ2n) is 6.44. The summed E-state index contributed by atoms with van der Waals surface area (Å²) in [7, 11) is 0. The number of nitrogen functional groups attached to an aromatic ring is 1. The molecule has 2 N–H and O–H groups in total. The van der Waals surface area contributed by atoms with Crippen LogP contribution in [0.15, 0.2) is 40.9 Å². The fraction of sp³-hybridized carbons (Fsp3) is 0.222. The van der Waals surface area contributed by atoms with Crippen LogP contribution in [0.4, 0.5) is 23.2 Å². The number of halogens is 5. The second kappa shape index (κ2) is 5.95. The number of alkyl halides is 3. The van der Waals surface area contributed by atoms with E-state index in [0.717, 1.165) is 12.1 Å². The van der Waals surface area contributed by atoms with Gasteiger partial charge in [0.1, 0.15) is 5.82 Å². The maximum Gasteiger partial charge on any atom is 0.416 e. The Labute approximate surface area is 155 Å². The minimum absolute atomic E-state index is 0.0528. The summed E-state index contributed by atoms with van der Waals surface area (Å²) in [6, 6.07) is 6.99. The molecule has 1 saturated carbocycles. The first-order valence-electron chi connectivity index (χ1n) is 7.97. The molecule has 0 saturated heterocycles. The van der Waals surface area contributed by atoms with E-state index < -0.39 is 23.0 Å². The Hall–Kier alpha value is -2.61. The molecule has 0 amide bonds. The van der Waals surface area contributed by atoms with Crippen molar-refractivity contribution in [3.05, 3.63) is 64.2 Å². The van der Waals surface area contributed by atoms with Crippen LogP contribution in [0.5, 0.6) is 0 Å². The van der Waals surface area contributed by atoms with Gasteiger partial charge in [0, 0.05) is 21.8 Å². The maximum atomic E-state index is 14.5. The van der Waals surface area contributed by atoms with Crippen molar-refractivity contribution in [2.45, 2.75) is 24.4 Å². The molecule has 0 spiro atoms. The third kappa shape index (κ3) is 3.03. The molecule has 0 unspecified atom stereocenters. The lowest BCUT2D eigenvalue weighted by Crippen LogP contribution is -2.14. The van der Waals surface area contributed by atoms with Gasteiger partial charge in [-0.05, 0) is 49.2 Å². The molecular weight excluding hydrogens is 386 g/mol. The molecule has 1 aliphatic carbocycles. The first-order valence-corrected chi connectivity index (χ1v) is 8.35. The fourth-order valence-electron chi connectivity index (χ4n) is 3.10. The first kappa shape index (κ1) is 17.8. The molecule has 1 aromatic heterocycles. The Bertz CT molecular complexity index is 987. The predicted octanol–water partition coefficient (Wildman–Crippen LogP) is 5.21. The van der Waals surface area contributed by atoms with Crippen LogP contribution in [0.2, 0.25) is 5.02 Å². The van der Waals surface area contributed by atoms with Crippen LogP contribution in [0.3, 0.4) is 0 Å². The molecule has 2 aromatic carbocycles. The Morgan fingerprint density at radius 2 is 1.78 bits per heavy atom. The standard InChI is InChI=1S/C18H12ClF4N3O/c19-12-7-11(24)8-13(20)14(12)17(5-6-17)16-25-15(27-26-16)9-1-3-10(4-2-9)18(21,22)23/h1-4,7-8H,5-6,24H2. The molecule has 1 aliphatic rings. The van der Waals surface area contributed by atoms with Crippen LogP contribution >= 0.6 is 11.6 Å². The van der Waals surface area contributed by atoms with Gasteiger partial charge in [0.2, 0.25) is 0 Å². The largest absolute Gasteiger partial charge is 0.416 e. The Morgan fingerprint density at radius 1 is 1.11 bits per heavy atom. The molecular formula is C18H12ClF4N3O. The zero-order valence-electron chi connectivity index (χ0n) is 13.6. The fourth-order valence-corrected chi connectivity index (χ4v) is 3.49. The summed E-state index contributed by atoms with van der Waals surface area (Å²) in [5.74, 6) is -0.265. The summed E-state index contributed by atoms with van der Waals surface area (Å²) in [5.41, 5.74) is 4.79. The molecule has 1 fully saturated rings. The molecule has 0 atom stereocenters. The highest BCUT2D eigenvalue weighted by atomic mass is 35.5. The lowest BCUT2D eigenvalue weighted by molar-refractivity contribution is -0.137. The Morgan fingerprint density at radius 3 is 2.33 bits per heavy atom. The Balaban J connectivity index is 1.69. The minimum atomic E-state index is -4.43. The summed E-state index contributed by atoms with van der Waals surface area (Å²) in [6.07, 6.45) is -3.29. The highest BCUT2D eigenvalue weighted by molar-refractivity contribution is 6.31. The van der Waals surface area contributed by atoms with Gasteiger partial charge in [0.25, 0.3) is 5.89 Å². The van der Waals surface area contributed by atoms with E-state index in [0.29, 0.717) is 18.4 Å². The van der Waals surface area contributed by atoms with E-state index in [4.69, 9.17) is 21.9 Å². The van der Waals surface area contributed by atoms with Crippen LogP contribution in [0, 0.1) is 5.82 Å². The molecule has 1 heterocycles. The molecule has 0 bridgehead atoms. The van der Waals surface area contributed by atoms with Gasteiger partial charge < -0.3 is 10.3 Å². The third-order valence-corrected chi connectivity index (χ3v) is 4.90. The molecule has 4 nitrogen and oxygen atoms in total. The average molecular weight is 398 g/mol. The number of benzene rings is 2. The summed E-state index contributed by atoms with van der Waals surface area (Å²) in [5, 5.41) is 4.09. The van der Waals surface area contributed by atoms with E-state index in [9.17, 15) is 17.6 Å². The number of hydrogen-bond donors (Lipinski definition) is 1. The van der Waals surface area contributed by atoms with Gasteiger partial charge >= 0.3 is 6.18 Å². The van der Waals surface area contributed by atoms with Crippen molar-refractivity contribution < 1.29 is 22.1 Å². The van der Waals surface area contributed by atoms with Gasteiger partial charge in [-0.25, -0.2) is 4.39 Å². The van der Waals surface area contributed by atoms with Gasteiger partial charge in [-0.1, -0.05) is 16.8 Å². The summed E-state index contributed by atoms with van der Waals surface area (Å²) < 4.78 is 57.7. The normalized spacial score (nSPS) is 15.7. The van der Waals surface area contributed by atoms with Crippen LogP contribution < -0.4 is 5.73 Å². The van der Waals surface area contributed by atoms with E-state index in [1.54, 1.807) is 0 Å². The highest BCUT2D eigenvalue weighted by Crippen LogP contribution is 2.55. The number of nitrogens with two attached hydrogens (primary N) is 1. The minimum Gasteiger partial charge on any atom is -0.399 e. The number of nitrogens with zero attached hydrogens (tertiary/aromatic N) is 2. The average Bonchev–Trinajstić information content (AvgIpc) is 3.21. The van der Waals surface area contributed by atoms with E-state index in [-0.39, 0.29) is 28.0 Å². The van der Waals surface area contributed by atoms with Gasteiger partial charge in [0.15, 0.2) is 5.82 Å². The van der Waals surface area contributed by atoms with Crippen LogP contribution in [-0.4, -0.2) is 10.1 Å². The van der Waals surface area contributed by atoms with Crippen molar-refractivity contribution in [2.75, 3.05) is 5.73 Å². The van der Waals surface area contributed by atoms with Crippen molar-refractivity contribution in [3.8, 4) is 11.5 Å². The van der Waals surface area contributed by atoms with Gasteiger partial charge in [0.05, 0.1) is 11.0 Å². The van der Waals surface area contributed by atoms with Gasteiger partial charge in [-0.3, -0.25) is 0 Å². The van der Waals surface area contributed by atoms with Gasteiger partial charge in [-0.15, -0.1) is 0 Å². The SMILES string of the molecule is Nc1cc(F)c(C2(c3noc(-c4ccc(C(F)(F)F)cc4)n3)CC2)c(Cl)c1. The molecule has 9 heteroatoms. The molecule has 3 aromatic rings. The van der Waals surface area contributed by atoms with E-state index in [2.05, 4.69) is 10.1 Å². The zero-order chi connectivity index (χ0) is 19.4. The topological polar surface area (TPSA) is 64.9 Å². The summed E-state index contributed by atoms with van der Waals surface area (Å²) >= 11 is 6.18. The van der Waals surface area contributed by atoms with Crippen LogP contribution in [0.1, 0.15) is 29.8 Å². The van der Waals surface area contributed by atoms with Crippen molar-refractivity contribution in [3.63, 3.8) is 0 Å². The lowest BCUT2D eigenvalue weighted by atomic mass is 9.94. The third-order valence-electron chi connectivity index (χ3n) is 4.61. The number of anilines is 1. The molecule has 0 aliphatic heterocycles. The predicted molar refractivity (Wildman–Crippen MR) is 90.6 cm³/mol. The van der Waals surface area contributed by atoms with E-state index >= 15 is 0 Å². The quantitative estimate of drug-likeness (QED) is 0.486. The van der Waals surface area contributed by atoms with Crippen LogP contribution in [0.25, 0.3) is 11.5 Å².